The molecule has 6 nitrogen and oxygen atoms in total. The summed E-state index contributed by atoms with van der Waals surface area (Å²) in [6, 6.07) is 2.83. The van der Waals surface area contributed by atoms with Crippen LogP contribution < -0.4 is 5.73 Å². The van der Waals surface area contributed by atoms with E-state index in [0.717, 1.165) is 18.2 Å². The van der Waals surface area contributed by atoms with E-state index in [1.54, 1.807) is 0 Å². The second-order valence-electron chi connectivity index (χ2n) is 4.22. The second-order valence-corrected chi connectivity index (χ2v) is 4.22. The number of hydrogen-bond donors (Lipinski definition) is 1. The summed E-state index contributed by atoms with van der Waals surface area (Å²) in [6.07, 6.45) is 0.667. The lowest BCUT2D eigenvalue weighted by molar-refractivity contribution is -0.385. The zero-order valence-corrected chi connectivity index (χ0v) is 10.7. The Morgan fingerprint density at radius 2 is 2.21 bits per heavy atom. The predicted molar refractivity (Wildman–Crippen MR) is 68.8 cm³/mol. The van der Waals surface area contributed by atoms with Gasteiger partial charge in [-0.25, -0.2) is 4.39 Å². The van der Waals surface area contributed by atoms with Crippen molar-refractivity contribution in [3.05, 3.63) is 39.7 Å². The van der Waals surface area contributed by atoms with Crippen LogP contribution >= 0.6 is 12.4 Å². The average molecular weight is 290 g/mol. The number of nitrogens with two attached hydrogens (primary N) is 1. The van der Waals surface area contributed by atoms with Crippen molar-refractivity contribution in [2.45, 2.75) is 12.5 Å². The summed E-state index contributed by atoms with van der Waals surface area (Å²) < 4.78 is 13.0. The molecule has 19 heavy (non-hydrogen) atoms. The van der Waals surface area contributed by atoms with Gasteiger partial charge in [-0.3, -0.25) is 14.9 Å². The zero-order chi connectivity index (χ0) is 13.3. The number of amides is 1. The summed E-state index contributed by atoms with van der Waals surface area (Å²) in [6.45, 7) is 0.835. The number of hydrogen-bond acceptors (Lipinski definition) is 4. The minimum atomic E-state index is -0.758. The van der Waals surface area contributed by atoms with Crippen LogP contribution in [-0.2, 0) is 0 Å². The van der Waals surface area contributed by atoms with Crippen LogP contribution in [0.4, 0.5) is 10.1 Å². The summed E-state index contributed by atoms with van der Waals surface area (Å²) in [7, 11) is 0. The van der Waals surface area contributed by atoms with Crippen LogP contribution in [0.5, 0.6) is 0 Å². The first-order valence-corrected chi connectivity index (χ1v) is 5.48. The highest BCUT2D eigenvalue weighted by molar-refractivity contribution is 5.98. The molecule has 1 aliphatic heterocycles. The van der Waals surface area contributed by atoms with E-state index in [1.165, 1.54) is 4.90 Å². The molecule has 8 heteroatoms. The summed E-state index contributed by atoms with van der Waals surface area (Å²) >= 11 is 0. The predicted octanol–water partition coefficient (Wildman–Crippen LogP) is 1.33. The van der Waals surface area contributed by atoms with E-state index in [9.17, 15) is 19.3 Å². The first-order chi connectivity index (χ1) is 8.49. The minimum Gasteiger partial charge on any atom is -0.337 e. The van der Waals surface area contributed by atoms with Gasteiger partial charge >= 0.3 is 0 Å². The minimum absolute atomic E-state index is 0. The average Bonchev–Trinajstić information content (AvgIpc) is 2.75. The van der Waals surface area contributed by atoms with Crippen LogP contribution in [0, 0.1) is 15.9 Å². The monoisotopic (exact) mass is 289 g/mol. The van der Waals surface area contributed by atoms with Crippen molar-refractivity contribution in [1.29, 1.82) is 0 Å². The molecule has 0 bridgehead atoms. The molecule has 1 heterocycles. The molecule has 104 valence electrons. The maximum Gasteiger partial charge on any atom is 0.285 e. The zero-order valence-electron chi connectivity index (χ0n) is 9.91. The number of halogens is 2. The molecule has 0 aliphatic carbocycles. The molecular formula is C11H13ClFN3O3. The van der Waals surface area contributed by atoms with E-state index in [1.807, 2.05) is 0 Å². The van der Waals surface area contributed by atoms with Gasteiger partial charge < -0.3 is 10.6 Å². The molecule has 1 atom stereocenters. The van der Waals surface area contributed by atoms with Crippen molar-refractivity contribution in [3.8, 4) is 0 Å². The molecule has 1 amide bonds. The van der Waals surface area contributed by atoms with Crippen LogP contribution in [0.2, 0.25) is 0 Å². The SMILES string of the molecule is Cl.N[C@H]1CCN(C(=O)c2ccc(F)cc2[N+](=O)[O-])C1. The Morgan fingerprint density at radius 3 is 2.74 bits per heavy atom. The van der Waals surface area contributed by atoms with Gasteiger partial charge in [0.05, 0.1) is 11.0 Å². The number of nitro groups is 1. The molecule has 2 rings (SSSR count). The van der Waals surface area contributed by atoms with Crippen LogP contribution in [0.1, 0.15) is 16.8 Å². The van der Waals surface area contributed by atoms with Crippen molar-refractivity contribution < 1.29 is 14.1 Å². The molecule has 1 aromatic rings. The molecule has 0 unspecified atom stereocenters. The third-order valence-corrected chi connectivity index (χ3v) is 2.90. The smallest absolute Gasteiger partial charge is 0.285 e. The van der Waals surface area contributed by atoms with Gasteiger partial charge in [0.15, 0.2) is 0 Å². The highest BCUT2D eigenvalue weighted by Crippen LogP contribution is 2.23. The fourth-order valence-corrected chi connectivity index (χ4v) is 1.98. The van der Waals surface area contributed by atoms with Gasteiger partial charge in [0, 0.05) is 19.1 Å². The fraction of sp³-hybridized carbons (Fsp3) is 0.364. The van der Waals surface area contributed by atoms with E-state index >= 15 is 0 Å². The standard InChI is InChI=1S/C11H12FN3O3.ClH/c12-7-1-2-9(10(5-7)15(17)18)11(16)14-4-3-8(13)6-14;/h1-2,5,8H,3-4,6,13H2;1H/t8-;/m0./s1. The summed E-state index contributed by atoms with van der Waals surface area (Å²) in [4.78, 5) is 23.6. The normalized spacial score (nSPS) is 18.0. The Hall–Kier alpha value is -1.73. The largest absolute Gasteiger partial charge is 0.337 e. The van der Waals surface area contributed by atoms with Crippen molar-refractivity contribution in [3.63, 3.8) is 0 Å². The number of nitro benzene ring substituents is 1. The van der Waals surface area contributed by atoms with E-state index in [0.29, 0.717) is 19.5 Å². The molecule has 0 spiro atoms. The number of benzene rings is 1. The van der Waals surface area contributed by atoms with Crippen LogP contribution in [0.25, 0.3) is 0 Å². The number of likely N-dealkylation sites (tertiary alicyclic amines) is 1. The van der Waals surface area contributed by atoms with Crippen LogP contribution in [0.15, 0.2) is 18.2 Å². The number of carbonyl (C=O) groups excluding carboxylic acids is 1. The van der Waals surface area contributed by atoms with Gasteiger partial charge in [-0.2, -0.15) is 0 Å². The quantitative estimate of drug-likeness (QED) is 0.657. The van der Waals surface area contributed by atoms with Gasteiger partial charge in [0.2, 0.25) is 0 Å². The molecule has 2 N–H and O–H groups in total. The second kappa shape index (κ2) is 5.94. The maximum atomic E-state index is 13.0. The van der Waals surface area contributed by atoms with Crippen molar-refractivity contribution in [2.75, 3.05) is 13.1 Å². The molecule has 0 radical (unpaired) electrons. The van der Waals surface area contributed by atoms with E-state index in [4.69, 9.17) is 5.73 Å². The lowest BCUT2D eigenvalue weighted by Gasteiger charge is -2.15. The molecule has 1 aromatic carbocycles. The van der Waals surface area contributed by atoms with E-state index in [-0.39, 0.29) is 24.0 Å². The molecule has 0 saturated carbocycles. The molecule has 1 aliphatic rings. The lowest BCUT2D eigenvalue weighted by Crippen LogP contribution is -2.32. The van der Waals surface area contributed by atoms with Gasteiger partial charge in [0.25, 0.3) is 11.6 Å². The van der Waals surface area contributed by atoms with Crippen molar-refractivity contribution >= 4 is 24.0 Å². The molecule has 0 aromatic heterocycles. The van der Waals surface area contributed by atoms with E-state index in [2.05, 4.69) is 0 Å². The molecule has 1 fully saturated rings. The third kappa shape index (κ3) is 3.18. The van der Waals surface area contributed by atoms with Crippen molar-refractivity contribution in [2.24, 2.45) is 5.73 Å². The third-order valence-electron chi connectivity index (χ3n) is 2.90. The highest BCUT2D eigenvalue weighted by Gasteiger charge is 2.29. The van der Waals surface area contributed by atoms with Gasteiger partial charge in [0.1, 0.15) is 11.4 Å². The number of nitrogens with zero attached hydrogens (tertiary/aromatic N) is 2. The lowest BCUT2D eigenvalue weighted by atomic mass is 10.1. The Labute approximate surface area is 114 Å². The number of rotatable bonds is 2. The van der Waals surface area contributed by atoms with Crippen molar-refractivity contribution in [1.82, 2.24) is 4.90 Å². The summed E-state index contributed by atoms with van der Waals surface area (Å²) in [5, 5.41) is 10.8. The van der Waals surface area contributed by atoms with Gasteiger partial charge in [-0.15, -0.1) is 12.4 Å². The number of carbonyl (C=O) groups is 1. The van der Waals surface area contributed by atoms with Crippen LogP contribution in [-0.4, -0.2) is 34.9 Å². The Balaban J connectivity index is 0.00000180. The Bertz CT molecular complexity index is 512. The first kappa shape index (κ1) is 15.3. The van der Waals surface area contributed by atoms with Gasteiger partial charge in [-0.1, -0.05) is 0 Å². The highest BCUT2D eigenvalue weighted by atomic mass is 35.5. The summed E-state index contributed by atoms with van der Waals surface area (Å²) in [5.74, 6) is -1.22. The molecule has 1 saturated heterocycles. The van der Waals surface area contributed by atoms with Gasteiger partial charge in [-0.05, 0) is 18.6 Å². The Kier molecular flexibility index (Phi) is 4.79. The fourth-order valence-electron chi connectivity index (χ4n) is 1.98. The molecular weight excluding hydrogens is 277 g/mol. The maximum absolute atomic E-state index is 13.0. The summed E-state index contributed by atoms with van der Waals surface area (Å²) in [5.41, 5.74) is 5.06. The topological polar surface area (TPSA) is 89.5 Å². The van der Waals surface area contributed by atoms with E-state index < -0.39 is 22.3 Å². The van der Waals surface area contributed by atoms with Crippen LogP contribution in [0.3, 0.4) is 0 Å². The Morgan fingerprint density at radius 1 is 1.53 bits per heavy atom. The first-order valence-electron chi connectivity index (χ1n) is 5.48.